The zero-order valence-electron chi connectivity index (χ0n) is 8.86. The smallest absolute Gasteiger partial charge is 0.168 e. The average Bonchev–Trinajstić information content (AvgIpc) is 2.32. The Morgan fingerprint density at radius 1 is 1.06 bits per heavy atom. The number of rotatable bonds is 3. The topological polar surface area (TPSA) is 30.0 Å². The second-order valence-corrected chi connectivity index (χ2v) is 5.45. The highest BCUT2D eigenvalue weighted by Gasteiger charge is 2.07. The van der Waals surface area contributed by atoms with E-state index in [1.807, 2.05) is 24.3 Å². The van der Waals surface area contributed by atoms with Crippen molar-refractivity contribution in [3.63, 3.8) is 0 Å². The number of benzene rings is 1. The first-order valence-electron chi connectivity index (χ1n) is 5.03. The Kier molecular flexibility index (Phi) is 4.07. The third kappa shape index (κ3) is 3.48. The lowest BCUT2D eigenvalue weighted by atomic mass is 10.0. The zero-order chi connectivity index (χ0) is 12.3. The molecule has 0 fully saturated rings. The van der Waals surface area contributed by atoms with E-state index in [1.165, 1.54) is 0 Å². The Labute approximate surface area is 116 Å². The minimum Gasteiger partial charge on any atom is -0.294 e. The summed E-state index contributed by atoms with van der Waals surface area (Å²) in [7, 11) is 0. The van der Waals surface area contributed by atoms with Gasteiger partial charge >= 0.3 is 0 Å². The first-order valence-corrected chi connectivity index (χ1v) is 6.62. The molecule has 0 N–H and O–H groups in total. The van der Waals surface area contributed by atoms with E-state index in [0.29, 0.717) is 12.0 Å². The molecule has 1 heterocycles. The number of carbonyl (C=O) groups is 1. The monoisotopic (exact) mass is 353 g/mol. The van der Waals surface area contributed by atoms with E-state index in [2.05, 4.69) is 36.8 Å². The average molecular weight is 355 g/mol. The number of pyridine rings is 1. The van der Waals surface area contributed by atoms with Gasteiger partial charge in [0, 0.05) is 33.3 Å². The van der Waals surface area contributed by atoms with Gasteiger partial charge in [-0.25, -0.2) is 0 Å². The number of halogens is 2. The summed E-state index contributed by atoms with van der Waals surface area (Å²) in [5, 5.41) is 0. The van der Waals surface area contributed by atoms with Gasteiger partial charge in [0.05, 0.1) is 0 Å². The van der Waals surface area contributed by atoms with Crippen molar-refractivity contribution in [2.24, 2.45) is 0 Å². The Bertz CT molecular complexity index is 537. The van der Waals surface area contributed by atoms with E-state index in [0.717, 1.165) is 14.5 Å². The van der Waals surface area contributed by atoms with Crippen LogP contribution >= 0.6 is 31.9 Å². The number of aromatic nitrogens is 1. The molecule has 0 aliphatic heterocycles. The second-order valence-electron chi connectivity index (χ2n) is 3.62. The van der Waals surface area contributed by atoms with Gasteiger partial charge in [-0.3, -0.25) is 9.78 Å². The number of nitrogens with zero attached hydrogens (tertiary/aromatic N) is 1. The number of hydrogen-bond donors (Lipinski definition) is 0. The van der Waals surface area contributed by atoms with Crippen LogP contribution in [0.1, 0.15) is 15.9 Å². The summed E-state index contributed by atoms with van der Waals surface area (Å²) in [5.74, 6) is 0.0705. The van der Waals surface area contributed by atoms with Gasteiger partial charge in [-0.2, -0.15) is 0 Å². The van der Waals surface area contributed by atoms with Gasteiger partial charge in [0.1, 0.15) is 0 Å². The predicted molar refractivity (Wildman–Crippen MR) is 74.1 cm³/mol. The molecule has 2 aromatic rings. The number of ketones is 1. The van der Waals surface area contributed by atoms with Crippen molar-refractivity contribution < 1.29 is 4.79 Å². The highest BCUT2D eigenvalue weighted by molar-refractivity contribution is 9.10. The minimum absolute atomic E-state index is 0.0705. The normalized spacial score (nSPS) is 10.2. The van der Waals surface area contributed by atoms with Crippen molar-refractivity contribution in [1.29, 1.82) is 0 Å². The fraction of sp³-hybridized carbons (Fsp3) is 0.0769. The first-order chi connectivity index (χ1) is 8.15. The zero-order valence-corrected chi connectivity index (χ0v) is 12.0. The molecule has 0 amide bonds. The molecule has 1 aromatic heterocycles. The Hall–Kier alpha value is -1.00. The maximum atomic E-state index is 12.0. The molecule has 0 aliphatic rings. The van der Waals surface area contributed by atoms with Gasteiger partial charge in [-0.15, -0.1) is 0 Å². The Morgan fingerprint density at radius 3 is 2.41 bits per heavy atom. The van der Waals surface area contributed by atoms with Gasteiger partial charge in [-0.05, 0) is 39.7 Å². The minimum atomic E-state index is 0.0705. The molecule has 86 valence electrons. The third-order valence-corrected chi connectivity index (χ3v) is 3.27. The highest BCUT2D eigenvalue weighted by atomic mass is 79.9. The molecule has 1 aromatic carbocycles. The lowest BCUT2D eigenvalue weighted by molar-refractivity contribution is 0.0992. The Morgan fingerprint density at radius 2 is 1.76 bits per heavy atom. The van der Waals surface area contributed by atoms with Crippen molar-refractivity contribution in [2.75, 3.05) is 0 Å². The second kappa shape index (κ2) is 5.56. The van der Waals surface area contributed by atoms with Crippen LogP contribution in [0.25, 0.3) is 0 Å². The summed E-state index contributed by atoms with van der Waals surface area (Å²) < 4.78 is 1.83. The van der Waals surface area contributed by atoms with Gasteiger partial charge in [0.15, 0.2) is 5.78 Å². The van der Waals surface area contributed by atoms with Crippen molar-refractivity contribution in [2.45, 2.75) is 6.42 Å². The van der Waals surface area contributed by atoms with Crippen molar-refractivity contribution >= 4 is 37.6 Å². The largest absolute Gasteiger partial charge is 0.294 e. The van der Waals surface area contributed by atoms with Crippen LogP contribution in [-0.2, 0) is 6.42 Å². The molecule has 0 unspecified atom stereocenters. The lowest BCUT2D eigenvalue weighted by Crippen LogP contribution is -2.03. The molecule has 2 nitrogen and oxygen atoms in total. The highest BCUT2D eigenvalue weighted by Crippen LogP contribution is 2.14. The molecule has 0 radical (unpaired) electrons. The summed E-state index contributed by atoms with van der Waals surface area (Å²) >= 11 is 6.67. The molecule has 2 rings (SSSR count). The number of Topliss-reactive ketones (excluding diaryl/α,β-unsaturated/α-hetero) is 1. The fourth-order valence-corrected chi connectivity index (χ4v) is 2.08. The van der Waals surface area contributed by atoms with Crippen molar-refractivity contribution in [3.05, 3.63) is 62.8 Å². The van der Waals surface area contributed by atoms with Crippen LogP contribution in [0.5, 0.6) is 0 Å². The first kappa shape index (κ1) is 12.5. The summed E-state index contributed by atoms with van der Waals surface area (Å²) in [6, 6.07) is 9.53. The molecule has 0 atom stereocenters. The molecule has 0 spiro atoms. The summed E-state index contributed by atoms with van der Waals surface area (Å²) in [6.07, 6.45) is 3.65. The van der Waals surface area contributed by atoms with E-state index >= 15 is 0 Å². The molecular formula is C13H9Br2NO. The summed E-state index contributed by atoms with van der Waals surface area (Å²) in [4.78, 5) is 16.0. The predicted octanol–water partition coefficient (Wildman–Crippen LogP) is 4.03. The van der Waals surface area contributed by atoms with Crippen molar-refractivity contribution in [1.82, 2.24) is 4.98 Å². The van der Waals surface area contributed by atoms with Crippen LogP contribution in [0.2, 0.25) is 0 Å². The van der Waals surface area contributed by atoms with Gasteiger partial charge < -0.3 is 0 Å². The molecule has 4 heteroatoms. The van der Waals surface area contributed by atoms with Gasteiger partial charge in [-0.1, -0.05) is 28.1 Å². The van der Waals surface area contributed by atoms with Crippen LogP contribution in [0.15, 0.2) is 51.7 Å². The molecule has 0 aliphatic carbocycles. The van der Waals surface area contributed by atoms with Crippen LogP contribution in [0.3, 0.4) is 0 Å². The fourth-order valence-electron chi connectivity index (χ4n) is 1.45. The van der Waals surface area contributed by atoms with E-state index in [4.69, 9.17) is 0 Å². The lowest BCUT2D eigenvalue weighted by Gasteiger charge is -2.02. The maximum absolute atomic E-state index is 12.0. The molecule has 0 bridgehead atoms. The van der Waals surface area contributed by atoms with Crippen LogP contribution in [-0.4, -0.2) is 10.8 Å². The van der Waals surface area contributed by atoms with E-state index < -0.39 is 0 Å². The van der Waals surface area contributed by atoms with Crippen LogP contribution < -0.4 is 0 Å². The van der Waals surface area contributed by atoms with Gasteiger partial charge in [0.2, 0.25) is 0 Å². The van der Waals surface area contributed by atoms with E-state index in [1.54, 1.807) is 18.5 Å². The van der Waals surface area contributed by atoms with Gasteiger partial charge in [0.25, 0.3) is 0 Å². The maximum Gasteiger partial charge on any atom is 0.168 e. The van der Waals surface area contributed by atoms with E-state index in [9.17, 15) is 4.79 Å². The SMILES string of the molecule is O=C(Cc1ccc(Br)cc1)c1cncc(Br)c1. The van der Waals surface area contributed by atoms with E-state index in [-0.39, 0.29) is 5.78 Å². The number of hydrogen-bond acceptors (Lipinski definition) is 2. The van der Waals surface area contributed by atoms with Crippen LogP contribution in [0.4, 0.5) is 0 Å². The Balaban J connectivity index is 2.14. The van der Waals surface area contributed by atoms with Crippen LogP contribution in [0, 0.1) is 0 Å². The molecule has 0 saturated heterocycles. The van der Waals surface area contributed by atoms with Crippen molar-refractivity contribution in [3.8, 4) is 0 Å². The standard InChI is InChI=1S/C13H9Br2NO/c14-11-3-1-9(2-4-11)5-13(17)10-6-12(15)8-16-7-10/h1-4,6-8H,5H2. The molecule has 0 saturated carbocycles. The number of carbonyl (C=O) groups excluding carboxylic acids is 1. The summed E-state index contributed by atoms with van der Waals surface area (Å²) in [6.45, 7) is 0. The quantitative estimate of drug-likeness (QED) is 0.779. The molecule has 17 heavy (non-hydrogen) atoms. The molecular weight excluding hydrogens is 346 g/mol. The summed E-state index contributed by atoms with van der Waals surface area (Å²) in [5.41, 5.74) is 1.63. The third-order valence-electron chi connectivity index (χ3n) is 2.30.